The normalized spacial score (nSPS) is 24.3. The van der Waals surface area contributed by atoms with E-state index in [1.54, 1.807) is 0 Å². The Morgan fingerprint density at radius 1 is 1.26 bits per heavy atom. The van der Waals surface area contributed by atoms with E-state index < -0.39 is 23.3 Å². The molecule has 0 aromatic heterocycles. The molecule has 1 aliphatic rings. The largest absolute Gasteiger partial charge is 0.508 e. The van der Waals surface area contributed by atoms with Crippen molar-refractivity contribution in [3.63, 3.8) is 0 Å². The molecule has 1 aromatic carbocycles. The number of carboxylic acid groups (broad SMARTS) is 2. The Morgan fingerprint density at radius 3 is 2.26 bits per heavy atom. The number of phenolic OH excluding ortho intramolecular Hbond substituents is 1. The molecule has 0 saturated heterocycles. The first-order valence-corrected chi connectivity index (χ1v) is 7.21. The van der Waals surface area contributed by atoms with Gasteiger partial charge in [0.05, 0.1) is 10.6 Å². The number of phenols is 1. The molecule has 0 amide bonds. The number of aromatic hydroxyl groups is 1. The van der Waals surface area contributed by atoms with Crippen LogP contribution >= 0.6 is 11.6 Å². The van der Waals surface area contributed by atoms with Crippen LogP contribution in [0.2, 0.25) is 0 Å². The Labute approximate surface area is 137 Å². The second-order valence-corrected chi connectivity index (χ2v) is 5.78. The van der Waals surface area contributed by atoms with E-state index in [4.69, 9.17) is 17.3 Å². The average molecular weight is 338 g/mol. The van der Waals surface area contributed by atoms with Gasteiger partial charge < -0.3 is 21.1 Å². The van der Waals surface area contributed by atoms with Gasteiger partial charge in [0.2, 0.25) is 0 Å². The number of aliphatic carboxylic acids is 2. The van der Waals surface area contributed by atoms with E-state index in [2.05, 4.69) is 0 Å². The fraction of sp³-hybridized carbons (Fsp3) is 0.250. The SMILES string of the molecule is CC1C(C(=O)O)=C(Cl)C=C(c2ccc(O)cc2)C1(CN)C(=O)O. The quantitative estimate of drug-likeness (QED) is 0.667. The molecule has 1 aliphatic carbocycles. The first kappa shape index (κ1) is 17.1. The highest BCUT2D eigenvalue weighted by Crippen LogP contribution is 2.49. The Bertz CT molecular complexity index is 722. The number of carbonyl (C=O) groups is 2. The van der Waals surface area contributed by atoms with E-state index >= 15 is 0 Å². The molecule has 0 heterocycles. The summed E-state index contributed by atoms with van der Waals surface area (Å²) < 4.78 is 0. The van der Waals surface area contributed by atoms with Gasteiger partial charge in [0.15, 0.2) is 0 Å². The van der Waals surface area contributed by atoms with Gasteiger partial charge in [-0.25, -0.2) is 4.79 Å². The highest BCUT2D eigenvalue weighted by molar-refractivity contribution is 6.34. The Balaban J connectivity index is 2.77. The van der Waals surface area contributed by atoms with Crippen molar-refractivity contribution < 1.29 is 24.9 Å². The number of nitrogens with two attached hydrogens (primary N) is 1. The van der Waals surface area contributed by atoms with Crippen LogP contribution in [0.15, 0.2) is 40.9 Å². The van der Waals surface area contributed by atoms with Gasteiger partial charge in [0.25, 0.3) is 0 Å². The number of rotatable bonds is 4. The predicted octanol–water partition coefficient (Wildman–Crippen LogP) is 2.03. The van der Waals surface area contributed by atoms with Crippen LogP contribution in [0.3, 0.4) is 0 Å². The van der Waals surface area contributed by atoms with Crippen molar-refractivity contribution in [2.45, 2.75) is 6.92 Å². The minimum Gasteiger partial charge on any atom is -0.508 e. The Kier molecular flexibility index (Phi) is 4.49. The monoisotopic (exact) mass is 337 g/mol. The van der Waals surface area contributed by atoms with E-state index in [0.29, 0.717) is 11.1 Å². The highest BCUT2D eigenvalue weighted by Gasteiger charge is 2.51. The third-order valence-corrected chi connectivity index (χ3v) is 4.61. The summed E-state index contributed by atoms with van der Waals surface area (Å²) in [5.74, 6) is -3.40. The number of hydrogen-bond donors (Lipinski definition) is 4. The molecule has 2 rings (SSSR count). The summed E-state index contributed by atoms with van der Waals surface area (Å²) in [5.41, 5.74) is 4.78. The van der Waals surface area contributed by atoms with Crippen molar-refractivity contribution in [3.05, 3.63) is 46.5 Å². The summed E-state index contributed by atoms with van der Waals surface area (Å²) in [7, 11) is 0. The molecule has 2 unspecified atom stereocenters. The van der Waals surface area contributed by atoms with Gasteiger partial charge in [-0.3, -0.25) is 4.79 Å². The van der Waals surface area contributed by atoms with Crippen LogP contribution in [0.25, 0.3) is 5.57 Å². The Hall–Kier alpha value is -2.31. The summed E-state index contributed by atoms with van der Waals surface area (Å²) in [5, 5.41) is 28.5. The molecular formula is C16H16ClNO5. The van der Waals surface area contributed by atoms with Crippen molar-refractivity contribution in [2.24, 2.45) is 17.1 Å². The van der Waals surface area contributed by atoms with Crippen LogP contribution in [0.5, 0.6) is 5.75 Å². The van der Waals surface area contributed by atoms with Crippen LogP contribution in [0.1, 0.15) is 12.5 Å². The lowest BCUT2D eigenvalue weighted by atomic mass is 9.63. The molecule has 122 valence electrons. The predicted molar refractivity (Wildman–Crippen MR) is 84.9 cm³/mol. The van der Waals surface area contributed by atoms with Crippen molar-refractivity contribution in [2.75, 3.05) is 6.54 Å². The van der Waals surface area contributed by atoms with Crippen molar-refractivity contribution >= 4 is 29.1 Å². The topological polar surface area (TPSA) is 121 Å². The Morgan fingerprint density at radius 2 is 1.83 bits per heavy atom. The summed E-state index contributed by atoms with van der Waals surface area (Å²) >= 11 is 6.08. The molecule has 0 saturated carbocycles. The molecule has 0 radical (unpaired) electrons. The van der Waals surface area contributed by atoms with E-state index in [9.17, 15) is 24.9 Å². The van der Waals surface area contributed by atoms with Crippen LogP contribution in [-0.4, -0.2) is 33.8 Å². The average Bonchev–Trinajstić information content (AvgIpc) is 2.47. The van der Waals surface area contributed by atoms with Gasteiger partial charge in [0.1, 0.15) is 11.2 Å². The van der Waals surface area contributed by atoms with E-state index in [-0.39, 0.29) is 22.9 Å². The minimum absolute atomic E-state index is 0.0275. The maximum atomic E-state index is 12.0. The summed E-state index contributed by atoms with van der Waals surface area (Å²) in [6, 6.07) is 5.90. The molecule has 0 fully saturated rings. The fourth-order valence-corrected chi connectivity index (χ4v) is 3.32. The van der Waals surface area contributed by atoms with Crippen molar-refractivity contribution in [3.8, 4) is 5.75 Å². The first-order valence-electron chi connectivity index (χ1n) is 6.83. The first-order chi connectivity index (χ1) is 10.8. The lowest BCUT2D eigenvalue weighted by Crippen LogP contribution is -2.48. The minimum atomic E-state index is -1.62. The molecule has 2 atom stereocenters. The zero-order valence-corrected chi connectivity index (χ0v) is 13.0. The van der Waals surface area contributed by atoms with Gasteiger partial charge in [-0.15, -0.1) is 0 Å². The second-order valence-electron chi connectivity index (χ2n) is 5.37. The zero-order chi connectivity index (χ0) is 17.4. The van der Waals surface area contributed by atoms with E-state index in [1.165, 1.54) is 37.3 Å². The molecule has 1 aromatic rings. The molecule has 5 N–H and O–H groups in total. The maximum Gasteiger partial charge on any atom is 0.333 e. The number of allylic oxidation sites excluding steroid dienone is 2. The smallest absolute Gasteiger partial charge is 0.333 e. The highest BCUT2D eigenvalue weighted by atomic mass is 35.5. The molecular weight excluding hydrogens is 322 g/mol. The summed E-state index contributed by atoms with van der Waals surface area (Å²) in [6.45, 7) is 1.19. The van der Waals surface area contributed by atoms with Crippen molar-refractivity contribution in [1.82, 2.24) is 0 Å². The van der Waals surface area contributed by atoms with Gasteiger partial charge in [-0.1, -0.05) is 30.7 Å². The lowest BCUT2D eigenvalue weighted by molar-refractivity contribution is -0.147. The number of benzene rings is 1. The third-order valence-electron chi connectivity index (χ3n) is 4.29. The van der Waals surface area contributed by atoms with Gasteiger partial charge >= 0.3 is 11.9 Å². The molecule has 7 heteroatoms. The van der Waals surface area contributed by atoms with Crippen molar-refractivity contribution in [1.29, 1.82) is 0 Å². The van der Waals surface area contributed by atoms with Gasteiger partial charge in [-0.2, -0.15) is 0 Å². The third kappa shape index (κ3) is 2.60. The van der Waals surface area contributed by atoms with Crippen LogP contribution < -0.4 is 5.73 Å². The molecule has 6 nitrogen and oxygen atoms in total. The molecule has 0 spiro atoms. The summed E-state index contributed by atoms with van der Waals surface area (Å²) in [4.78, 5) is 23.5. The zero-order valence-electron chi connectivity index (χ0n) is 12.3. The molecule has 0 bridgehead atoms. The number of halogens is 1. The summed E-state index contributed by atoms with van der Waals surface area (Å²) in [6.07, 6.45) is 1.33. The number of carboxylic acids is 2. The standard InChI is InChI=1S/C16H16ClNO5/c1-8-13(14(20)21)12(17)6-11(16(8,7-18)15(22)23)9-2-4-10(19)5-3-9/h2-6,8,19H,7,18H2,1H3,(H,20,21)(H,22,23). The fourth-order valence-electron chi connectivity index (χ4n) is 2.96. The maximum absolute atomic E-state index is 12.0. The van der Waals surface area contributed by atoms with Gasteiger partial charge in [-0.05, 0) is 29.3 Å². The van der Waals surface area contributed by atoms with Crippen LogP contribution in [0, 0.1) is 11.3 Å². The van der Waals surface area contributed by atoms with Crippen LogP contribution in [-0.2, 0) is 9.59 Å². The van der Waals surface area contributed by atoms with E-state index in [0.717, 1.165) is 0 Å². The second kappa shape index (κ2) is 6.06. The molecule has 23 heavy (non-hydrogen) atoms. The van der Waals surface area contributed by atoms with Gasteiger partial charge in [0, 0.05) is 12.5 Å². The van der Waals surface area contributed by atoms with Crippen LogP contribution in [0.4, 0.5) is 0 Å². The molecule has 0 aliphatic heterocycles. The van der Waals surface area contributed by atoms with E-state index in [1.807, 2.05) is 0 Å². The number of hydrogen-bond acceptors (Lipinski definition) is 4. The lowest BCUT2D eigenvalue weighted by Gasteiger charge is -2.39.